The summed E-state index contributed by atoms with van der Waals surface area (Å²) in [4.78, 5) is 34.5. The Balaban J connectivity index is 1.86. The minimum Gasteiger partial charge on any atom is -0.489 e. The van der Waals surface area contributed by atoms with E-state index in [0.29, 0.717) is 32.6 Å². The van der Waals surface area contributed by atoms with Crippen LogP contribution in [0.2, 0.25) is 0 Å². The van der Waals surface area contributed by atoms with Crippen molar-refractivity contribution < 1.29 is 18.7 Å². The summed E-state index contributed by atoms with van der Waals surface area (Å²) in [6.45, 7) is 5.71. The molecule has 9 nitrogen and oxygen atoms in total. The van der Waals surface area contributed by atoms with Crippen molar-refractivity contribution >= 4 is 55.8 Å². The molecule has 0 aliphatic carbocycles. The van der Waals surface area contributed by atoms with E-state index < -0.39 is 11.7 Å². The molecule has 2 aromatic carbocycles. The number of carbonyl (C=O) groups is 2. The van der Waals surface area contributed by atoms with Crippen molar-refractivity contribution in [1.82, 2.24) is 20.2 Å². The summed E-state index contributed by atoms with van der Waals surface area (Å²) in [5, 5.41) is 9.02. The van der Waals surface area contributed by atoms with Crippen molar-refractivity contribution in [2.45, 2.75) is 13.0 Å². The lowest BCUT2D eigenvalue weighted by Crippen LogP contribution is -2.42. The van der Waals surface area contributed by atoms with E-state index in [1.54, 1.807) is 36.1 Å². The minimum atomic E-state index is -0.461. The Kier molecular flexibility index (Phi) is 8.72. The number of likely N-dealkylation sites (N-methyl/N-ethyl adjacent to an activating group) is 1. The van der Waals surface area contributed by atoms with Crippen LogP contribution >= 0.6 is 15.9 Å². The van der Waals surface area contributed by atoms with Gasteiger partial charge in [-0.25, -0.2) is 14.4 Å². The van der Waals surface area contributed by atoms with Gasteiger partial charge >= 0.3 is 0 Å². The molecule has 0 fully saturated rings. The van der Waals surface area contributed by atoms with Gasteiger partial charge in [0.2, 0.25) is 11.8 Å². The molecule has 2 amide bonds. The van der Waals surface area contributed by atoms with Gasteiger partial charge in [-0.2, -0.15) is 0 Å². The summed E-state index contributed by atoms with van der Waals surface area (Å²) < 4.78 is 20.8. The average molecular weight is 545 g/mol. The number of benzene rings is 2. The number of fused-ring (bicyclic) bond motifs is 1. The van der Waals surface area contributed by atoms with Gasteiger partial charge in [0, 0.05) is 15.9 Å². The van der Waals surface area contributed by atoms with Crippen molar-refractivity contribution in [3.63, 3.8) is 0 Å². The number of aromatic nitrogens is 2. The number of rotatable bonds is 10. The van der Waals surface area contributed by atoms with Crippen LogP contribution in [-0.2, 0) is 9.59 Å². The molecule has 3 N–H and O–H groups in total. The van der Waals surface area contributed by atoms with Gasteiger partial charge in [-0.1, -0.05) is 22.5 Å². The van der Waals surface area contributed by atoms with Crippen LogP contribution in [0, 0.1) is 5.82 Å². The van der Waals surface area contributed by atoms with Crippen LogP contribution < -0.4 is 20.7 Å². The first-order chi connectivity index (χ1) is 16.7. The lowest BCUT2D eigenvalue weighted by atomic mass is 10.1. The van der Waals surface area contributed by atoms with E-state index in [9.17, 15) is 14.0 Å². The van der Waals surface area contributed by atoms with Gasteiger partial charge in [0.05, 0.1) is 29.5 Å². The van der Waals surface area contributed by atoms with E-state index in [0.717, 1.165) is 6.08 Å². The second-order valence-corrected chi connectivity index (χ2v) is 8.73. The summed E-state index contributed by atoms with van der Waals surface area (Å²) in [5.74, 6) is -0.325. The second-order valence-electron chi connectivity index (χ2n) is 7.81. The van der Waals surface area contributed by atoms with Gasteiger partial charge in [-0.15, -0.1) is 0 Å². The normalized spacial score (nSPS) is 11.7. The van der Waals surface area contributed by atoms with E-state index in [-0.39, 0.29) is 30.8 Å². The first-order valence-corrected chi connectivity index (χ1v) is 11.5. The van der Waals surface area contributed by atoms with E-state index in [1.165, 1.54) is 12.4 Å². The van der Waals surface area contributed by atoms with E-state index >= 15 is 0 Å². The molecule has 0 spiro atoms. The zero-order valence-corrected chi connectivity index (χ0v) is 21.1. The monoisotopic (exact) mass is 544 g/mol. The predicted molar refractivity (Wildman–Crippen MR) is 137 cm³/mol. The van der Waals surface area contributed by atoms with Gasteiger partial charge in [0.15, 0.2) is 0 Å². The number of halogens is 2. The van der Waals surface area contributed by atoms with Crippen molar-refractivity contribution in [3.05, 3.63) is 59.6 Å². The summed E-state index contributed by atoms with van der Waals surface area (Å²) in [7, 11) is 3.64. The van der Waals surface area contributed by atoms with E-state index in [1.807, 2.05) is 14.1 Å². The van der Waals surface area contributed by atoms with Crippen LogP contribution in [0.4, 0.5) is 21.6 Å². The lowest BCUT2D eigenvalue weighted by Gasteiger charge is -2.19. The van der Waals surface area contributed by atoms with Crippen LogP contribution in [0.25, 0.3) is 10.9 Å². The Morgan fingerprint density at radius 3 is 2.69 bits per heavy atom. The summed E-state index contributed by atoms with van der Waals surface area (Å²) in [5.41, 5.74) is 1.09. The number of ether oxygens (including phenoxy) is 1. The molecule has 1 atom stereocenters. The van der Waals surface area contributed by atoms with Crippen LogP contribution in [0.15, 0.2) is 53.8 Å². The quantitative estimate of drug-likeness (QED) is 0.263. The number of anilines is 3. The number of hydrogen-bond donors (Lipinski definition) is 3. The summed E-state index contributed by atoms with van der Waals surface area (Å²) in [6.07, 6.45) is 2.48. The first kappa shape index (κ1) is 26.0. The van der Waals surface area contributed by atoms with Crippen molar-refractivity contribution in [2.75, 3.05) is 37.9 Å². The maximum atomic E-state index is 14.4. The van der Waals surface area contributed by atoms with Crippen molar-refractivity contribution in [1.29, 1.82) is 0 Å². The fraction of sp³-hybridized carbons (Fsp3) is 0.250. The highest BCUT2D eigenvalue weighted by molar-refractivity contribution is 9.10. The van der Waals surface area contributed by atoms with Crippen LogP contribution in [0.1, 0.15) is 6.92 Å². The average Bonchev–Trinajstić information content (AvgIpc) is 2.83. The van der Waals surface area contributed by atoms with Gasteiger partial charge in [-0.05, 0) is 51.4 Å². The number of nitrogens with one attached hydrogen (secondary N) is 3. The molecule has 3 rings (SSSR count). The SMILES string of the molecule is C=CC(=O)Nc1cc2c(Nc3ccc(Br)cc3F)ncnc2cc1OCCNC(=O)C(C)N(C)C. The lowest BCUT2D eigenvalue weighted by molar-refractivity contribution is -0.125. The smallest absolute Gasteiger partial charge is 0.247 e. The Labute approximate surface area is 210 Å². The predicted octanol–water partition coefficient (Wildman–Crippen LogP) is 3.84. The zero-order chi connectivity index (χ0) is 25.5. The van der Waals surface area contributed by atoms with Crippen LogP contribution in [-0.4, -0.2) is 60.0 Å². The molecule has 0 radical (unpaired) electrons. The Bertz CT molecular complexity index is 1250. The molecular formula is C24H26BrFN6O3. The van der Waals surface area contributed by atoms with Crippen LogP contribution in [0.3, 0.4) is 0 Å². The molecule has 0 aliphatic heterocycles. The molecule has 0 bridgehead atoms. The number of nitrogens with zero attached hydrogens (tertiary/aromatic N) is 3. The number of amides is 2. The molecule has 0 saturated heterocycles. The fourth-order valence-corrected chi connectivity index (χ4v) is 3.35. The Hall–Kier alpha value is -3.57. The molecule has 3 aromatic rings. The highest BCUT2D eigenvalue weighted by Gasteiger charge is 2.16. The molecule has 1 heterocycles. The number of hydrogen-bond acceptors (Lipinski definition) is 7. The third kappa shape index (κ3) is 6.74. The standard InChI is InChI=1S/C24H26BrFN6O3/c1-5-22(33)30-20-11-16-19(12-21(20)35-9-8-27-24(34)14(2)32(3)4)28-13-29-23(16)31-18-7-6-15(25)10-17(18)26/h5-7,10-14H,1,8-9H2,2-4H3,(H,27,34)(H,30,33)(H,28,29,31). The first-order valence-electron chi connectivity index (χ1n) is 10.7. The van der Waals surface area contributed by atoms with Gasteiger partial charge in [-0.3, -0.25) is 14.5 Å². The largest absolute Gasteiger partial charge is 0.489 e. The zero-order valence-electron chi connectivity index (χ0n) is 19.6. The maximum Gasteiger partial charge on any atom is 0.247 e. The second kappa shape index (κ2) is 11.7. The Morgan fingerprint density at radius 1 is 1.23 bits per heavy atom. The van der Waals surface area contributed by atoms with Gasteiger partial charge in [0.1, 0.15) is 30.3 Å². The molecule has 11 heteroatoms. The molecule has 1 unspecified atom stereocenters. The fourth-order valence-electron chi connectivity index (χ4n) is 3.02. The van der Waals surface area contributed by atoms with Crippen LogP contribution in [0.5, 0.6) is 5.75 Å². The van der Waals surface area contributed by atoms with E-state index in [2.05, 4.69) is 48.4 Å². The molecule has 1 aromatic heterocycles. The Morgan fingerprint density at radius 2 is 2.00 bits per heavy atom. The molecular weight excluding hydrogens is 519 g/mol. The van der Waals surface area contributed by atoms with E-state index in [4.69, 9.17) is 4.74 Å². The maximum absolute atomic E-state index is 14.4. The highest BCUT2D eigenvalue weighted by atomic mass is 79.9. The number of carbonyl (C=O) groups excluding carboxylic acids is 2. The molecule has 0 aliphatic rings. The topological polar surface area (TPSA) is 108 Å². The third-order valence-electron chi connectivity index (χ3n) is 5.18. The minimum absolute atomic E-state index is 0.124. The van der Waals surface area contributed by atoms with Gasteiger partial charge < -0.3 is 20.7 Å². The van der Waals surface area contributed by atoms with Crippen molar-refractivity contribution in [2.24, 2.45) is 0 Å². The third-order valence-corrected chi connectivity index (χ3v) is 5.67. The molecule has 35 heavy (non-hydrogen) atoms. The molecule has 0 saturated carbocycles. The molecule has 184 valence electrons. The highest BCUT2D eigenvalue weighted by Crippen LogP contribution is 2.34. The van der Waals surface area contributed by atoms with Gasteiger partial charge in [0.25, 0.3) is 0 Å². The summed E-state index contributed by atoms with van der Waals surface area (Å²) >= 11 is 3.23. The van der Waals surface area contributed by atoms with Crippen molar-refractivity contribution in [3.8, 4) is 5.75 Å². The summed E-state index contributed by atoms with van der Waals surface area (Å²) in [6, 6.07) is 7.62.